The van der Waals surface area contributed by atoms with Crippen molar-refractivity contribution in [1.29, 1.82) is 0 Å². The van der Waals surface area contributed by atoms with E-state index < -0.39 is 17.0 Å². The fraction of sp³-hybridized carbons (Fsp3) is 0.0769. The number of aromatic nitrogens is 1. The third-order valence-electron chi connectivity index (χ3n) is 2.50. The van der Waals surface area contributed by atoms with Gasteiger partial charge in [-0.25, -0.2) is 0 Å². The van der Waals surface area contributed by atoms with Gasteiger partial charge in [0.1, 0.15) is 0 Å². The van der Waals surface area contributed by atoms with Gasteiger partial charge in [0, 0.05) is 17.3 Å². The first kappa shape index (κ1) is 13.5. The first-order chi connectivity index (χ1) is 8.88. The number of pyridine rings is 1. The van der Waals surface area contributed by atoms with E-state index in [-0.39, 0.29) is 0 Å². The summed E-state index contributed by atoms with van der Waals surface area (Å²) in [6.07, 6.45) is -3.63. The van der Waals surface area contributed by atoms with Gasteiger partial charge >= 0.3 is 6.18 Å². The number of hydrogen-bond acceptors (Lipinski definition) is 2. The molecule has 0 aliphatic rings. The minimum atomic E-state index is -4.40. The van der Waals surface area contributed by atoms with Gasteiger partial charge in [-0.3, -0.25) is 9.78 Å². The molecule has 19 heavy (non-hydrogen) atoms. The zero-order valence-electron chi connectivity index (χ0n) is 9.41. The zero-order chi connectivity index (χ0) is 14.0. The first-order valence-corrected chi connectivity index (χ1v) is 5.59. The normalized spacial score (nSPS) is 11.4. The number of nitrogens with zero attached hydrogens (tertiary/aromatic N) is 1. The van der Waals surface area contributed by atoms with Gasteiger partial charge in [0.15, 0.2) is 0 Å². The fourth-order valence-corrected chi connectivity index (χ4v) is 1.63. The van der Waals surface area contributed by atoms with Gasteiger partial charge in [-0.05, 0) is 35.9 Å². The van der Waals surface area contributed by atoms with E-state index in [1.165, 1.54) is 18.2 Å². The molecule has 0 saturated carbocycles. The van der Waals surface area contributed by atoms with Crippen LogP contribution in [0.25, 0.3) is 11.3 Å². The second-order valence-corrected chi connectivity index (χ2v) is 4.12. The lowest BCUT2D eigenvalue weighted by atomic mass is 10.1. The van der Waals surface area contributed by atoms with Crippen LogP contribution in [0, 0.1) is 0 Å². The first-order valence-electron chi connectivity index (χ1n) is 5.21. The van der Waals surface area contributed by atoms with Crippen LogP contribution in [-0.2, 0) is 6.18 Å². The summed E-state index contributed by atoms with van der Waals surface area (Å²) < 4.78 is 37.1. The number of halogens is 4. The molecular weight excluding hydrogens is 279 g/mol. The van der Waals surface area contributed by atoms with E-state index >= 15 is 0 Å². The van der Waals surface area contributed by atoms with E-state index in [4.69, 9.17) is 11.6 Å². The lowest BCUT2D eigenvalue weighted by molar-refractivity contribution is -0.137. The summed E-state index contributed by atoms with van der Waals surface area (Å²) in [5, 5.41) is -0.591. The van der Waals surface area contributed by atoms with Crippen LogP contribution in [-0.4, -0.2) is 10.2 Å². The Bertz CT molecular complexity index is 591. The Hall–Kier alpha value is -1.88. The van der Waals surface area contributed by atoms with Crippen molar-refractivity contribution in [3.8, 4) is 11.3 Å². The highest BCUT2D eigenvalue weighted by atomic mass is 35.5. The Balaban J connectivity index is 2.30. The van der Waals surface area contributed by atoms with Crippen LogP contribution >= 0.6 is 11.6 Å². The van der Waals surface area contributed by atoms with E-state index in [1.54, 1.807) is 12.1 Å². The van der Waals surface area contributed by atoms with Crippen molar-refractivity contribution in [2.75, 3.05) is 0 Å². The minimum Gasteiger partial charge on any atom is -0.276 e. The lowest BCUT2D eigenvalue weighted by Gasteiger charge is -2.07. The van der Waals surface area contributed by atoms with Crippen LogP contribution in [0.3, 0.4) is 0 Å². The average molecular weight is 286 g/mol. The number of alkyl halides is 3. The van der Waals surface area contributed by atoms with Crippen molar-refractivity contribution in [2.24, 2.45) is 0 Å². The highest BCUT2D eigenvalue weighted by Crippen LogP contribution is 2.29. The Kier molecular flexibility index (Phi) is 3.57. The smallest absolute Gasteiger partial charge is 0.276 e. The van der Waals surface area contributed by atoms with Crippen molar-refractivity contribution in [3.63, 3.8) is 0 Å². The van der Waals surface area contributed by atoms with E-state index in [0.29, 0.717) is 16.8 Å². The predicted octanol–water partition coefficient (Wildman–Crippen LogP) is 4.15. The quantitative estimate of drug-likeness (QED) is 0.776. The summed E-state index contributed by atoms with van der Waals surface area (Å²) in [5.74, 6) is 0. The molecule has 6 heteroatoms. The number of hydrogen-bond donors (Lipinski definition) is 0. The van der Waals surface area contributed by atoms with E-state index in [1.807, 2.05) is 0 Å². The molecule has 0 aliphatic carbocycles. The average Bonchev–Trinajstić information content (AvgIpc) is 2.38. The predicted molar refractivity (Wildman–Crippen MR) is 64.9 cm³/mol. The molecule has 0 spiro atoms. The van der Waals surface area contributed by atoms with Crippen LogP contribution in [0.2, 0.25) is 0 Å². The molecule has 0 atom stereocenters. The molecule has 0 fully saturated rings. The van der Waals surface area contributed by atoms with Gasteiger partial charge in [-0.15, -0.1) is 0 Å². The summed E-state index contributed by atoms with van der Waals surface area (Å²) in [5.41, 5.74) is 0.512. The summed E-state index contributed by atoms with van der Waals surface area (Å²) in [4.78, 5) is 14.6. The molecule has 0 aliphatic heterocycles. The molecule has 1 aromatic carbocycles. The molecular formula is C13H7ClF3NO. The largest absolute Gasteiger partial charge is 0.417 e. The molecule has 2 rings (SSSR count). The number of rotatable bonds is 2. The monoisotopic (exact) mass is 285 g/mol. The van der Waals surface area contributed by atoms with Gasteiger partial charge in [-0.1, -0.05) is 12.1 Å². The van der Waals surface area contributed by atoms with E-state index in [0.717, 1.165) is 12.3 Å². The third-order valence-corrected chi connectivity index (χ3v) is 2.72. The maximum Gasteiger partial charge on any atom is 0.417 e. The van der Waals surface area contributed by atoms with Crippen LogP contribution in [0.5, 0.6) is 0 Å². The summed E-state index contributed by atoms with van der Waals surface area (Å²) in [6.45, 7) is 0. The van der Waals surface area contributed by atoms with Crippen molar-refractivity contribution in [1.82, 2.24) is 4.98 Å². The molecule has 0 saturated heterocycles. The Morgan fingerprint density at radius 1 is 1.05 bits per heavy atom. The van der Waals surface area contributed by atoms with Gasteiger partial charge in [0.05, 0.1) is 11.3 Å². The Morgan fingerprint density at radius 3 is 2.11 bits per heavy atom. The molecule has 1 aromatic heterocycles. The second kappa shape index (κ2) is 5.01. The Labute approximate surface area is 111 Å². The maximum absolute atomic E-state index is 12.4. The van der Waals surface area contributed by atoms with Crippen LogP contribution in [0.4, 0.5) is 13.2 Å². The Morgan fingerprint density at radius 2 is 1.68 bits per heavy atom. The second-order valence-electron chi connectivity index (χ2n) is 3.78. The molecule has 0 radical (unpaired) electrons. The molecule has 0 amide bonds. The summed E-state index contributed by atoms with van der Waals surface area (Å²) >= 11 is 5.29. The highest BCUT2D eigenvalue weighted by Gasteiger charge is 2.30. The highest BCUT2D eigenvalue weighted by molar-refractivity contribution is 6.67. The van der Waals surface area contributed by atoms with Crippen LogP contribution in [0.1, 0.15) is 15.9 Å². The maximum atomic E-state index is 12.4. The SMILES string of the molecule is O=C(Cl)c1ccc(-c2ccc(C(F)(F)F)cn2)cc1. The van der Waals surface area contributed by atoms with Crippen LogP contribution < -0.4 is 0 Å². The van der Waals surface area contributed by atoms with Gasteiger partial charge < -0.3 is 0 Å². The number of carbonyl (C=O) groups excluding carboxylic acids is 1. The summed E-state index contributed by atoms with van der Waals surface area (Å²) in [7, 11) is 0. The minimum absolute atomic E-state index is 0.317. The topological polar surface area (TPSA) is 30.0 Å². The van der Waals surface area contributed by atoms with Crippen molar-refractivity contribution < 1.29 is 18.0 Å². The van der Waals surface area contributed by atoms with Crippen molar-refractivity contribution >= 4 is 16.8 Å². The standard InChI is InChI=1S/C13H7ClF3NO/c14-12(19)9-3-1-8(2-4-9)11-6-5-10(7-18-11)13(15,16)17/h1-7H. The van der Waals surface area contributed by atoms with Gasteiger partial charge in [0.25, 0.3) is 5.24 Å². The third kappa shape index (κ3) is 3.12. The lowest BCUT2D eigenvalue weighted by Crippen LogP contribution is -2.05. The van der Waals surface area contributed by atoms with Crippen molar-refractivity contribution in [3.05, 3.63) is 53.7 Å². The zero-order valence-corrected chi connectivity index (χ0v) is 10.2. The molecule has 2 aromatic rings. The molecule has 2 nitrogen and oxygen atoms in total. The molecule has 98 valence electrons. The molecule has 0 bridgehead atoms. The van der Waals surface area contributed by atoms with Crippen molar-refractivity contribution in [2.45, 2.75) is 6.18 Å². The molecule has 0 unspecified atom stereocenters. The van der Waals surface area contributed by atoms with Gasteiger partial charge in [0.2, 0.25) is 0 Å². The fourth-order valence-electron chi connectivity index (χ4n) is 1.50. The number of carbonyl (C=O) groups is 1. The van der Waals surface area contributed by atoms with E-state index in [2.05, 4.69) is 4.98 Å². The van der Waals surface area contributed by atoms with Crippen LogP contribution in [0.15, 0.2) is 42.6 Å². The molecule has 1 heterocycles. The van der Waals surface area contributed by atoms with Gasteiger partial charge in [-0.2, -0.15) is 13.2 Å². The van der Waals surface area contributed by atoms with E-state index in [9.17, 15) is 18.0 Å². The summed E-state index contributed by atoms with van der Waals surface area (Å²) in [6, 6.07) is 8.37. The number of benzene rings is 1. The molecule has 0 N–H and O–H groups in total.